The number of hydrogen-bond acceptors (Lipinski definition) is 4. The molecular formula is C23H23FO3S. The van der Waals surface area contributed by atoms with Crippen molar-refractivity contribution in [1.82, 2.24) is 0 Å². The molecule has 0 spiro atoms. The molecule has 0 saturated heterocycles. The van der Waals surface area contributed by atoms with Gasteiger partial charge in [0.2, 0.25) is 0 Å². The van der Waals surface area contributed by atoms with Crippen molar-refractivity contribution in [2.24, 2.45) is 0 Å². The highest BCUT2D eigenvalue weighted by Gasteiger charge is 2.20. The molecule has 3 rings (SSSR count). The van der Waals surface area contributed by atoms with E-state index in [1.165, 1.54) is 30.0 Å². The van der Waals surface area contributed by atoms with Gasteiger partial charge in [0, 0.05) is 22.6 Å². The maximum atomic E-state index is 13.3. The van der Waals surface area contributed by atoms with Crippen LogP contribution in [-0.4, -0.2) is 10.9 Å². The maximum Gasteiger partial charge on any atom is 0.347 e. The van der Waals surface area contributed by atoms with Crippen molar-refractivity contribution in [3.8, 4) is 16.9 Å². The predicted octanol–water partition coefficient (Wildman–Crippen LogP) is 5.97. The van der Waals surface area contributed by atoms with Crippen LogP contribution in [0.5, 0.6) is 5.75 Å². The Morgan fingerprint density at radius 2 is 1.75 bits per heavy atom. The molecule has 0 bridgehead atoms. The van der Waals surface area contributed by atoms with Crippen LogP contribution in [0.2, 0.25) is 0 Å². The van der Waals surface area contributed by atoms with E-state index in [-0.39, 0.29) is 23.0 Å². The molecule has 0 aliphatic heterocycles. The molecule has 1 unspecified atom stereocenters. The van der Waals surface area contributed by atoms with E-state index >= 15 is 0 Å². The summed E-state index contributed by atoms with van der Waals surface area (Å²) in [6.07, 6.45) is 0. The van der Waals surface area contributed by atoms with Gasteiger partial charge in [-0.25, -0.2) is 9.18 Å². The fraction of sp³-hybridized carbons (Fsp3) is 0.261. The highest BCUT2D eigenvalue weighted by atomic mass is 32.2. The summed E-state index contributed by atoms with van der Waals surface area (Å²) in [7, 11) is 0. The molecule has 3 nitrogen and oxygen atoms in total. The van der Waals surface area contributed by atoms with Gasteiger partial charge in [0.25, 0.3) is 0 Å². The summed E-state index contributed by atoms with van der Waals surface area (Å²) in [6.45, 7) is 7.74. The van der Waals surface area contributed by atoms with Crippen molar-refractivity contribution in [2.45, 2.75) is 38.5 Å². The third kappa shape index (κ3) is 4.30. The highest BCUT2D eigenvalue weighted by Crippen LogP contribution is 2.34. The Morgan fingerprint density at radius 3 is 2.36 bits per heavy atom. The molecule has 3 aromatic rings. The monoisotopic (exact) mass is 398 g/mol. The summed E-state index contributed by atoms with van der Waals surface area (Å²) >= 11 is 1.47. The summed E-state index contributed by atoms with van der Waals surface area (Å²) in [5, 5.41) is 10.6. The molecule has 1 aromatic heterocycles. The van der Waals surface area contributed by atoms with E-state index < -0.39 is 5.63 Å². The molecule has 1 atom stereocenters. The Balaban J connectivity index is 1.89. The van der Waals surface area contributed by atoms with Crippen molar-refractivity contribution in [3.63, 3.8) is 0 Å². The van der Waals surface area contributed by atoms with E-state index in [1.54, 1.807) is 6.07 Å². The van der Waals surface area contributed by atoms with Gasteiger partial charge in [0.1, 0.15) is 22.9 Å². The quantitative estimate of drug-likeness (QED) is 0.538. The number of halogens is 1. The minimum atomic E-state index is -0.548. The summed E-state index contributed by atoms with van der Waals surface area (Å²) < 4.78 is 18.9. The van der Waals surface area contributed by atoms with Gasteiger partial charge >= 0.3 is 5.63 Å². The van der Waals surface area contributed by atoms with Gasteiger partial charge in [-0.05, 0) is 55.7 Å². The van der Waals surface area contributed by atoms with Crippen molar-refractivity contribution >= 4 is 11.8 Å². The largest absolute Gasteiger partial charge is 0.507 e. The van der Waals surface area contributed by atoms with Crippen LogP contribution in [0.4, 0.5) is 4.39 Å². The van der Waals surface area contributed by atoms with E-state index in [0.29, 0.717) is 17.1 Å². The number of aromatic hydroxyl groups is 1. The van der Waals surface area contributed by atoms with Crippen LogP contribution < -0.4 is 5.63 Å². The Labute approximate surface area is 168 Å². The summed E-state index contributed by atoms with van der Waals surface area (Å²) in [6, 6.07) is 11.8. The molecule has 0 aliphatic rings. The van der Waals surface area contributed by atoms with E-state index in [4.69, 9.17) is 4.42 Å². The fourth-order valence-corrected chi connectivity index (χ4v) is 4.38. The summed E-state index contributed by atoms with van der Waals surface area (Å²) in [5.41, 5.74) is 3.30. The Hall–Kier alpha value is -2.53. The number of hydrogen-bond donors (Lipinski definition) is 1. The lowest BCUT2D eigenvalue weighted by Gasteiger charge is -2.15. The van der Waals surface area contributed by atoms with Crippen molar-refractivity contribution < 1.29 is 13.9 Å². The first-order valence-corrected chi connectivity index (χ1v) is 10.1. The normalized spacial score (nSPS) is 12.2. The molecule has 1 heterocycles. The number of benzene rings is 2. The second-order valence-electron chi connectivity index (χ2n) is 7.14. The second-order valence-corrected chi connectivity index (χ2v) is 8.23. The topological polar surface area (TPSA) is 50.4 Å². The molecule has 0 radical (unpaired) electrons. The van der Waals surface area contributed by atoms with Crippen LogP contribution in [0.25, 0.3) is 11.1 Å². The maximum absolute atomic E-state index is 13.3. The number of aryl methyl sites for hydroxylation is 3. The molecule has 0 saturated carbocycles. The predicted molar refractivity (Wildman–Crippen MR) is 112 cm³/mol. The first kappa shape index (κ1) is 20.2. The zero-order chi connectivity index (χ0) is 20.4. The Kier molecular flexibility index (Phi) is 5.94. The van der Waals surface area contributed by atoms with E-state index in [9.17, 15) is 14.3 Å². The molecule has 1 N–H and O–H groups in total. The van der Waals surface area contributed by atoms with Crippen LogP contribution in [0.15, 0.2) is 56.6 Å². The smallest absolute Gasteiger partial charge is 0.347 e. The number of thioether (sulfide) groups is 1. The fourth-order valence-electron chi connectivity index (χ4n) is 3.41. The minimum Gasteiger partial charge on any atom is -0.507 e. The van der Waals surface area contributed by atoms with Crippen LogP contribution >= 0.6 is 11.8 Å². The van der Waals surface area contributed by atoms with Gasteiger partial charge in [0.05, 0.1) is 0 Å². The Morgan fingerprint density at radius 1 is 1.07 bits per heavy atom. The van der Waals surface area contributed by atoms with Crippen LogP contribution in [0.1, 0.15) is 35.3 Å². The van der Waals surface area contributed by atoms with Gasteiger partial charge in [-0.3, -0.25) is 0 Å². The van der Waals surface area contributed by atoms with E-state index in [0.717, 1.165) is 21.6 Å². The lowest BCUT2D eigenvalue weighted by atomic mass is 9.94. The SMILES string of the molecule is Cc1cc(C)c(-c2c(O)cc(C(C)CSc3cccc(F)c3)oc2=O)c(C)c1. The van der Waals surface area contributed by atoms with E-state index in [2.05, 4.69) is 0 Å². The number of rotatable bonds is 5. The van der Waals surface area contributed by atoms with E-state index in [1.807, 2.05) is 45.9 Å². The third-order valence-electron chi connectivity index (χ3n) is 4.66. The average molecular weight is 398 g/mol. The van der Waals surface area contributed by atoms with Crippen LogP contribution in [-0.2, 0) is 0 Å². The average Bonchev–Trinajstić information content (AvgIpc) is 2.61. The van der Waals surface area contributed by atoms with Gasteiger partial charge in [-0.15, -0.1) is 11.8 Å². The highest BCUT2D eigenvalue weighted by molar-refractivity contribution is 7.99. The molecular weight excluding hydrogens is 375 g/mol. The van der Waals surface area contributed by atoms with Gasteiger partial charge in [0.15, 0.2) is 0 Å². The van der Waals surface area contributed by atoms with Gasteiger partial charge < -0.3 is 9.52 Å². The molecule has 0 amide bonds. The lowest BCUT2D eigenvalue weighted by molar-refractivity contribution is 0.416. The first-order chi connectivity index (χ1) is 13.3. The van der Waals surface area contributed by atoms with Crippen molar-refractivity contribution in [1.29, 1.82) is 0 Å². The molecule has 0 fully saturated rings. The van der Waals surface area contributed by atoms with Gasteiger partial charge in [-0.2, -0.15) is 0 Å². The van der Waals surface area contributed by atoms with Crippen LogP contribution in [0, 0.1) is 26.6 Å². The zero-order valence-corrected chi connectivity index (χ0v) is 17.2. The molecule has 28 heavy (non-hydrogen) atoms. The van der Waals surface area contributed by atoms with Gasteiger partial charge in [-0.1, -0.05) is 30.7 Å². The van der Waals surface area contributed by atoms with Crippen molar-refractivity contribution in [3.05, 3.63) is 81.2 Å². The van der Waals surface area contributed by atoms with Crippen LogP contribution in [0.3, 0.4) is 0 Å². The summed E-state index contributed by atoms with van der Waals surface area (Å²) in [4.78, 5) is 13.5. The molecule has 2 aromatic carbocycles. The lowest BCUT2D eigenvalue weighted by Crippen LogP contribution is -2.09. The first-order valence-electron chi connectivity index (χ1n) is 9.10. The molecule has 5 heteroatoms. The zero-order valence-electron chi connectivity index (χ0n) is 16.4. The molecule has 146 valence electrons. The molecule has 0 aliphatic carbocycles. The van der Waals surface area contributed by atoms with Crippen molar-refractivity contribution in [2.75, 3.05) is 5.75 Å². The Bertz CT molecular complexity index is 1050. The summed E-state index contributed by atoms with van der Waals surface area (Å²) in [5.74, 6) is 0.519. The third-order valence-corrected chi connectivity index (χ3v) is 5.91. The second kappa shape index (κ2) is 8.23. The standard InChI is InChI=1S/C23H23FO3S/c1-13-8-14(2)21(15(3)9-13)22-19(25)11-20(27-23(22)26)16(4)12-28-18-7-5-6-17(24)10-18/h5-11,16,25H,12H2,1-4H3. The minimum absolute atomic E-state index is 0.0797.